The van der Waals surface area contributed by atoms with Gasteiger partial charge in [0.2, 0.25) is 5.95 Å². The van der Waals surface area contributed by atoms with Crippen molar-refractivity contribution in [1.82, 2.24) is 15.3 Å². The molecule has 0 saturated carbocycles. The molecule has 27 heavy (non-hydrogen) atoms. The van der Waals surface area contributed by atoms with Crippen molar-refractivity contribution in [3.63, 3.8) is 0 Å². The van der Waals surface area contributed by atoms with Gasteiger partial charge in [-0.2, -0.15) is 0 Å². The van der Waals surface area contributed by atoms with Crippen molar-refractivity contribution in [3.05, 3.63) is 42.7 Å². The molecule has 1 aromatic carbocycles. The van der Waals surface area contributed by atoms with Crippen molar-refractivity contribution in [2.75, 3.05) is 16.6 Å². The molecule has 0 amide bonds. The maximum Gasteiger partial charge on any atom is 0.264 e. The van der Waals surface area contributed by atoms with Gasteiger partial charge in [0, 0.05) is 24.7 Å². The van der Waals surface area contributed by atoms with E-state index < -0.39 is 10.0 Å². The Balaban J connectivity index is 1.58. The first-order valence-corrected chi connectivity index (χ1v) is 10.4. The van der Waals surface area contributed by atoms with Crippen LogP contribution in [0.2, 0.25) is 0 Å². The molecular weight excluding hydrogens is 386 g/mol. The summed E-state index contributed by atoms with van der Waals surface area (Å²) in [4.78, 5) is 7.82. The van der Waals surface area contributed by atoms with Crippen LogP contribution in [0.25, 0.3) is 0 Å². The van der Waals surface area contributed by atoms with Crippen LogP contribution in [-0.2, 0) is 14.8 Å². The first-order chi connectivity index (χ1) is 12.9. The maximum absolute atomic E-state index is 12.4. The van der Waals surface area contributed by atoms with Crippen molar-refractivity contribution in [2.45, 2.75) is 36.8 Å². The van der Waals surface area contributed by atoms with Crippen LogP contribution >= 0.6 is 12.2 Å². The zero-order valence-electron chi connectivity index (χ0n) is 14.8. The van der Waals surface area contributed by atoms with E-state index in [1.807, 2.05) is 6.92 Å². The van der Waals surface area contributed by atoms with Crippen LogP contribution in [0.1, 0.15) is 19.8 Å². The molecule has 0 bridgehead atoms. The molecule has 0 spiro atoms. The smallest absolute Gasteiger partial charge is 0.264 e. The summed E-state index contributed by atoms with van der Waals surface area (Å²) in [7, 11) is -3.76. The summed E-state index contributed by atoms with van der Waals surface area (Å²) in [5, 5.41) is 6.71. The summed E-state index contributed by atoms with van der Waals surface area (Å²) in [6.45, 7) is 2.81. The Hall–Kier alpha value is -2.30. The average molecular weight is 408 g/mol. The van der Waals surface area contributed by atoms with Crippen LogP contribution in [0.3, 0.4) is 0 Å². The summed E-state index contributed by atoms with van der Waals surface area (Å²) in [6, 6.07) is 7.96. The van der Waals surface area contributed by atoms with Crippen molar-refractivity contribution in [1.29, 1.82) is 0 Å². The van der Waals surface area contributed by atoms with E-state index in [4.69, 9.17) is 17.0 Å². The SMILES string of the molecule is C[C@@H](NC(=S)Nc1ccc(S(=O)(=O)Nc2ncccn2)cc1)[C@@H]1CCCO1. The van der Waals surface area contributed by atoms with Gasteiger partial charge < -0.3 is 15.4 Å². The fourth-order valence-electron chi connectivity index (χ4n) is 2.71. The molecule has 1 aliphatic heterocycles. The summed E-state index contributed by atoms with van der Waals surface area (Å²) >= 11 is 5.32. The zero-order chi connectivity index (χ0) is 19.3. The van der Waals surface area contributed by atoms with Crippen LogP contribution in [-0.4, -0.2) is 42.3 Å². The monoisotopic (exact) mass is 407 g/mol. The first kappa shape index (κ1) is 19.5. The number of nitrogens with one attached hydrogen (secondary N) is 3. The van der Waals surface area contributed by atoms with E-state index in [0.717, 1.165) is 19.4 Å². The van der Waals surface area contributed by atoms with Gasteiger partial charge in [-0.3, -0.25) is 0 Å². The van der Waals surface area contributed by atoms with Gasteiger partial charge in [0.05, 0.1) is 17.0 Å². The number of sulfonamides is 1. The van der Waals surface area contributed by atoms with Crippen LogP contribution in [0.5, 0.6) is 0 Å². The number of aromatic nitrogens is 2. The van der Waals surface area contributed by atoms with Gasteiger partial charge in [-0.15, -0.1) is 0 Å². The highest BCUT2D eigenvalue weighted by Crippen LogP contribution is 2.17. The Kier molecular flexibility index (Phi) is 6.19. The quantitative estimate of drug-likeness (QED) is 0.626. The van der Waals surface area contributed by atoms with Crippen molar-refractivity contribution < 1.29 is 13.2 Å². The molecule has 2 atom stereocenters. The molecule has 1 fully saturated rings. The minimum absolute atomic E-state index is 0.0215. The molecule has 2 aromatic rings. The number of nitrogens with zero attached hydrogens (tertiary/aromatic N) is 2. The number of hydrogen-bond acceptors (Lipinski definition) is 6. The number of ether oxygens (including phenoxy) is 1. The first-order valence-electron chi connectivity index (χ1n) is 8.53. The van der Waals surface area contributed by atoms with Crippen LogP contribution in [0.4, 0.5) is 11.6 Å². The summed E-state index contributed by atoms with van der Waals surface area (Å²) < 4.78 is 32.7. The largest absolute Gasteiger partial charge is 0.376 e. The van der Waals surface area contributed by atoms with E-state index in [1.54, 1.807) is 18.2 Å². The standard InChI is InChI=1S/C17H21N5O3S2/c1-12(15-4-2-11-25-15)20-17(26)21-13-5-7-14(8-6-13)27(23,24)22-16-18-9-3-10-19-16/h3,5-10,12,15H,2,4,11H2,1H3,(H,18,19,22)(H2,20,21,26)/t12-,15+/m1/s1. The highest BCUT2D eigenvalue weighted by Gasteiger charge is 2.22. The Morgan fingerprint density at radius 2 is 1.96 bits per heavy atom. The molecule has 0 radical (unpaired) electrons. The van der Waals surface area contributed by atoms with Gasteiger partial charge in [-0.25, -0.2) is 23.1 Å². The molecule has 1 saturated heterocycles. The van der Waals surface area contributed by atoms with E-state index >= 15 is 0 Å². The molecule has 3 rings (SSSR count). The van der Waals surface area contributed by atoms with Gasteiger partial charge in [0.25, 0.3) is 10.0 Å². The summed E-state index contributed by atoms with van der Waals surface area (Å²) in [5.41, 5.74) is 0.682. The average Bonchev–Trinajstić information content (AvgIpc) is 3.17. The highest BCUT2D eigenvalue weighted by atomic mass is 32.2. The molecule has 2 heterocycles. The molecule has 1 aliphatic rings. The third-order valence-electron chi connectivity index (χ3n) is 4.10. The van der Waals surface area contributed by atoms with Crippen molar-refractivity contribution in [3.8, 4) is 0 Å². The number of rotatable bonds is 6. The van der Waals surface area contributed by atoms with Crippen LogP contribution in [0, 0.1) is 0 Å². The number of thiocarbonyl (C=S) groups is 1. The molecule has 0 aliphatic carbocycles. The molecule has 0 unspecified atom stereocenters. The lowest BCUT2D eigenvalue weighted by molar-refractivity contribution is 0.0895. The summed E-state index contributed by atoms with van der Waals surface area (Å²) in [6.07, 6.45) is 5.16. The third kappa shape index (κ3) is 5.34. The minimum Gasteiger partial charge on any atom is -0.376 e. The van der Waals surface area contributed by atoms with E-state index in [0.29, 0.717) is 10.8 Å². The molecule has 10 heteroatoms. The molecule has 1 aromatic heterocycles. The van der Waals surface area contributed by atoms with Crippen molar-refractivity contribution in [2.24, 2.45) is 0 Å². The second-order valence-corrected chi connectivity index (χ2v) is 8.23. The summed E-state index contributed by atoms with van der Waals surface area (Å²) in [5.74, 6) is 0.0215. The fraction of sp³-hybridized carbons (Fsp3) is 0.353. The highest BCUT2D eigenvalue weighted by molar-refractivity contribution is 7.92. The second kappa shape index (κ2) is 8.59. The lowest BCUT2D eigenvalue weighted by Gasteiger charge is -2.22. The lowest BCUT2D eigenvalue weighted by Crippen LogP contribution is -2.42. The van der Waals surface area contributed by atoms with E-state index in [2.05, 4.69) is 25.3 Å². The molecule has 3 N–H and O–H groups in total. The Bertz CT molecular complexity index is 869. The molecule has 144 valence electrons. The third-order valence-corrected chi connectivity index (χ3v) is 5.66. The Labute approximate surface area is 163 Å². The van der Waals surface area contributed by atoms with Crippen LogP contribution < -0.4 is 15.4 Å². The number of benzene rings is 1. The second-order valence-electron chi connectivity index (χ2n) is 6.14. The van der Waals surface area contributed by atoms with E-state index in [1.165, 1.54) is 24.5 Å². The van der Waals surface area contributed by atoms with Gasteiger partial charge in [-0.1, -0.05) is 0 Å². The Morgan fingerprint density at radius 3 is 2.59 bits per heavy atom. The molecular formula is C17H21N5O3S2. The molecule has 8 nitrogen and oxygen atoms in total. The topological polar surface area (TPSA) is 105 Å². The van der Waals surface area contributed by atoms with Gasteiger partial charge >= 0.3 is 0 Å². The van der Waals surface area contributed by atoms with E-state index in [9.17, 15) is 8.42 Å². The number of hydrogen-bond donors (Lipinski definition) is 3. The fourth-order valence-corrected chi connectivity index (χ4v) is 3.97. The van der Waals surface area contributed by atoms with Crippen molar-refractivity contribution >= 4 is 39.0 Å². The minimum atomic E-state index is -3.76. The van der Waals surface area contributed by atoms with E-state index in [-0.39, 0.29) is 23.0 Å². The Morgan fingerprint density at radius 1 is 1.26 bits per heavy atom. The zero-order valence-corrected chi connectivity index (χ0v) is 16.4. The lowest BCUT2D eigenvalue weighted by atomic mass is 10.1. The van der Waals surface area contributed by atoms with Crippen LogP contribution in [0.15, 0.2) is 47.6 Å². The van der Waals surface area contributed by atoms with Gasteiger partial charge in [0.15, 0.2) is 5.11 Å². The maximum atomic E-state index is 12.4. The predicted octanol–water partition coefficient (Wildman–Crippen LogP) is 2.13. The number of anilines is 2. The predicted molar refractivity (Wildman–Crippen MR) is 107 cm³/mol. The van der Waals surface area contributed by atoms with Gasteiger partial charge in [-0.05, 0) is 62.3 Å². The van der Waals surface area contributed by atoms with Gasteiger partial charge in [0.1, 0.15) is 0 Å². The normalized spacial score (nSPS) is 17.9.